The summed E-state index contributed by atoms with van der Waals surface area (Å²) in [7, 11) is 3.63. The summed E-state index contributed by atoms with van der Waals surface area (Å²) in [6.07, 6.45) is 7.38. The Morgan fingerprint density at radius 2 is 2.08 bits per heavy atom. The molecule has 1 N–H and O–H groups in total. The molecule has 2 saturated carbocycles. The first-order valence-corrected chi connectivity index (χ1v) is 9.42. The molecule has 2 aliphatic carbocycles. The average molecular weight is 354 g/mol. The lowest BCUT2D eigenvalue weighted by atomic mass is 9.98. The number of rotatable bonds is 6. The zero-order chi connectivity index (χ0) is 18.3. The predicted molar refractivity (Wildman–Crippen MR) is 99.7 cm³/mol. The van der Waals surface area contributed by atoms with Gasteiger partial charge in [0, 0.05) is 39.0 Å². The number of likely N-dealkylation sites (N-methyl/N-ethyl adjacent to an activating group) is 2. The van der Waals surface area contributed by atoms with Gasteiger partial charge < -0.3 is 9.80 Å². The van der Waals surface area contributed by atoms with Gasteiger partial charge in [-0.25, -0.2) is 0 Å². The fraction of sp³-hybridized carbons (Fsp3) is 0.550. The Balaban J connectivity index is 1.33. The zero-order valence-corrected chi connectivity index (χ0v) is 15.5. The Kier molecular flexibility index (Phi) is 4.21. The van der Waals surface area contributed by atoms with Crippen LogP contribution in [-0.2, 0) is 4.79 Å². The van der Waals surface area contributed by atoms with Crippen LogP contribution in [0.15, 0.2) is 24.4 Å². The van der Waals surface area contributed by atoms with E-state index in [1.165, 1.54) is 25.7 Å². The van der Waals surface area contributed by atoms with Crippen molar-refractivity contribution in [2.75, 3.05) is 27.2 Å². The minimum Gasteiger partial charge on any atom is -0.344 e. The summed E-state index contributed by atoms with van der Waals surface area (Å²) >= 11 is 0. The second-order valence-electron chi connectivity index (χ2n) is 8.01. The highest BCUT2D eigenvalue weighted by atomic mass is 16.2. The highest BCUT2D eigenvalue weighted by Crippen LogP contribution is 2.65. The molecule has 1 aromatic carbocycles. The second-order valence-corrected chi connectivity index (χ2v) is 8.01. The Morgan fingerprint density at radius 1 is 1.27 bits per heavy atom. The number of hydrogen-bond donors (Lipinski definition) is 1. The largest absolute Gasteiger partial charge is 0.344 e. The van der Waals surface area contributed by atoms with Crippen LogP contribution < -0.4 is 0 Å². The summed E-state index contributed by atoms with van der Waals surface area (Å²) in [6.45, 7) is 1.08. The molecular formula is C20H26N4O2. The van der Waals surface area contributed by atoms with Crippen molar-refractivity contribution in [1.29, 1.82) is 0 Å². The smallest absolute Gasteiger partial charge is 0.254 e. The molecule has 2 atom stereocenters. The summed E-state index contributed by atoms with van der Waals surface area (Å²) < 4.78 is 0. The van der Waals surface area contributed by atoms with Gasteiger partial charge in [-0.05, 0) is 42.7 Å². The number of carbonyl (C=O) groups excluding carboxylic acids is 2. The van der Waals surface area contributed by atoms with E-state index in [2.05, 4.69) is 10.2 Å². The molecule has 0 saturated heterocycles. The van der Waals surface area contributed by atoms with E-state index in [1.807, 2.05) is 25.2 Å². The van der Waals surface area contributed by atoms with Crippen molar-refractivity contribution in [3.8, 4) is 0 Å². The number of amides is 2. The number of aromatic amines is 1. The maximum Gasteiger partial charge on any atom is 0.254 e. The molecule has 2 amide bonds. The van der Waals surface area contributed by atoms with Gasteiger partial charge in [-0.3, -0.25) is 14.7 Å². The minimum absolute atomic E-state index is 0.0468. The Morgan fingerprint density at radius 3 is 2.81 bits per heavy atom. The highest BCUT2D eigenvalue weighted by Gasteiger charge is 2.57. The molecular weight excluding hydrogens is 328 g/mol. The van der Waals surface area contributed by atoms with Gasteiger partial charge in [-0.15, -0.1) is 0 Å². The lowest BCUT2D eigenvalue weighted by Gasteiger charge is -2.24. The van der Waals surface area contributed by atoms with Gasteiger partial charge in [0.2, 0.25) is 5.91 Å². The number of fused-ring (bicyclic) bond motifs is 2. The molecule has 2 unspecified atom stereocenters. The molecule has 4 rings (SSSR count). The Bertz CT molecular complexity index is 845. The summed E-state index contributed by atoms with van der Waals surface area (Å²) in [5.41, 5.74) is 1.81. The fourth-order valence-corrected chi connectivity index (χ4v) is 4.47. The van der Waals surface area contributed by atoms with E-state index in [1.54, 1.807) is 23.0 Å². The lowest BCUT2D eigenvalue weighted by molar-refractivity contribution is -0.131. The monoisotopic (exact) mass is 354 g/mol. The minimum atomic E-state index is -0.0468. The van der Waals surface area contributed by atoms with Crippen LogP contribution >= 0.6 is 0 Å². The third kappa shape index (κ3) is 2.97. The lowest BCUT2D eigenvalue weighted by Crippen LogP contribution is -2.38. The maximum absolute atomic E-state index is 12.8. The topological polar surface area (TPSA) is 69.3 Å². The quantitative estimate of drug-likeness (QED) is 0.867. The van der Waals surface area contributed by atoms with E-state index in [-0.39, 0.29) is 11.8 Å². The number of hydrogen-bond acceptors (Lipinski definition) is 3. The number of carbonyl (C=O) groups is 2. The molecule has 138 valence electrons. The van der Waals surface area contributed by atoms with Crippen LogP contribution in [0.2, 0.25) is 0 Å². The van der Waals surface area contributed by atoms with Crippen molar-refractivity contribution in [3.63, 3.8) is 0 Å². The van der Waals surface area contributed by atoms with Gasteiger partial charge in [0.1, 0.15) is 0 Å². The number of nitrogens with one attached hydrogen (secondary N) is 1. The molecule has 2 aliphatic rings. The predicted octanol–water partition coefficient (Wildman–Crippen LogP) is 2.67. The van der Waals surface area contributed by atoms with E-state index in [0.717, 1.165) is 16.8 Å². The number of H-pyrrole nitrogens is 1. The van der Waals surface area contributed by atoms with Crippen molar-refractivity contribution in [3.05, 3.63) is 30.0 Å². The molecule has 0 bridgehead atoms. The van der Waals surface area contributed by atoms with Crippen LogP contribution in [-0.4, -0.2) is 59.0 Å². The van der Waals surface area contributed by atoms with Gasteiger partial charge in [0.15, 0.2) is 0 Å². The zero-order valence-electron chi connectivity index (χ0n) is 15.5. The number of nitrogens with zero attached hydrogens (tertiary/aromatic N) is 3. The Labute approximate surface area is 153 Å². The third-order valence-corrected chi connectivity index (χ3v) is 6.35. The number of benzene rings is 1. The second kappa shape index (κ2) is 6.41. The van der Waals surface area contributed by atoms with Crippen molar-refractivity contribution >= 4 is 22.7 Å². The average Bonchev–Trinajstić information content (AvgIpc) is 3.01. The molecule has 0 radical (unpaired) electrons. The van der Waals surface area contributed by atoms with Gasteiger partial charge in [0.25, 0.3) is 5.91 Å². The SMILES string of the molecule is CN(CCN(C)C(=O)c1cccc2[nH]ncc12)C(=O)CC12CCCC1C2. The van der Waals surface area contributed by atoms with Crippen molar-refractivity contribution < 1.29 is 9.59 Å². The van der Waals surface area contributed by atoms with Gasteiger partial charge in [-0.1, -0.05) is 12.5 Å². The molecule has 1 aromatic heterocycles. The maximum atomic E-state index is 12.8. The fourth-order valence-electron chi connectivity index (χ4n) is 4.47. The number of aromatic nitrogens is 2. The van der Waals surface area contributed by atoms with Crippen molar-refractivity contribution in [1.82, 2.24) is 20.0 Å². The van der Waals surface area contributed by atoms with E-state index in [0.29, 0.717) is 30.5 Å². The third-order valence-electron chi connectivity index (χ3n) is 6.35. The van der Waals surface area contributed by atoms with Crippen LogP contribution in [0.5, 0.6) is 0 Å². The van der Waals surface area contributed by atoms with E-state index in [9.17, 15) is 9.59 Å². The summed E-state index contributed by atoms with van der Waals surface area (Å²) in [6, 6.07) is 5.57. The highest BCUT2D eigenvalue weighted by molar-refractivity contribution is 6.05. The van der Waals surface area contributed by atoms with Gasteiger partial charge in [-0.2, -0.15) is 5.10 Å². The van der Waals surface area contributed by atoms with Crippen LogP contribution in [0.3, 0.4) is 0 Å². The molecule has 6 nitrogen and oxygen atoms in total. The Hall–Kier alpha value is -2.37. The van der Waals surface area contributed by atoms with Crippen LogP contribution in [0.4, 0.5) is 0 Å². The molecule has 26 heavy (non-hydrogen) atoms. The molecule has 1 heterocycles. The first-order valence-electron chi connectivity index (χ1n) is 9.42. The molecule has 2 fully saturated rings. The van der Waals surface area contributed by atoms with Crippen molar-refractivity contribution in [2.24, 2.45) is 11.3 Å². The molecule has 0 spiro atoms. The summed E-state index contributed by atoms with van der Waals surface area (Å²) in [4.78, 5) is 28.8. The summed E-state index contributed by atoms with van der Waals surface area (Å²) in [5, 5.41) is 7.73. The van der Waals surface area contributed by atoms with Gasteiger partial charge in [0.05, 0.1) is 17.3 Å². The standard InChI is InChI=1S/C20H26N4O2/c1-23(18(25)12-20-8-4-5-14(20)11-20)9-10-24(2)19(26)15-6-3-7-17-16(15)13-21-22-17/h3,6-7,13-14H,4-5,8-12H2,1-2H3,(H,21,22). The van der Waals surface area contributed by atoms with E-state index < -0.39 is 0 Å². The normalized spacial score (nSPS) is 23.7. The summed E-state index contributed by atoms with van der Waals surface area (Å²) in [5.74, 6) is 0.959. The van der Waals surface area contributed by atoms with Crippen LogP contribution in [0, 0.1) is 11.3 Å². The van der Waals surface area contributed by atoms with E-state index >= 15 is 0 Å². The van der Waals surface area contributed by atoms with Crippen molar-refractivity contribution in [2.45, 2.75) is 32.1 Å². The molecule has 2 aromatic rings. The van der Waals surface area contributed by atoms with Crippen LogP contribution in [0.1, 0.15) is 42.5 Å². The first-order chi connectivity index (χ1) is 12.5. The van der Waals surface area contributed by atoms with Gasteiger partial charge >= 0.3 is 0 Å². The molecule has 0 aliphatic heterocycles. The van der Waals surface area contributed by atoms with Crippen LogP contribution in [0.25, 0.3) is 10.9 Å². The first kappa shape index (κ1) is 17.1. The van der Waals surface area contributed by atoms with E-state index in [4.69, 9.17) is 0 Å². The molecule has 6 heteroatoms.